The van der Waals surface area contributed by atoms with Crippen LogP contribution in [0.25, 0.3) is 0 Å². The number of ether oxygens (including phenoxy) is 1. The molecule has 0 unspecified atom stereocenters. The molecule has 0 radical (unpaired) electrons. The van der Waals surface area contributed by atoms with Gasteiger partial charge in [-0.3, -0.25) is 4.79 Å². The number of carbonyl (C=O) groups excluding carboxylic acids is 1. The second-order valence-corrected chi connectivity index (χ2v) is 3.76. The summed E-state index contributed by atoms with van der Waals surface area (Å²) in [6, 6.07) is 0.566. The van der Waals surface area contributed by atoms with Gasteiger partial charge in [-0.2, -0.15) is 0 Å². The van der Waals surface area contributed by atoms with Crippen LogP contribution in [-0.4, -0.2) is 30.6 Å². The molecule has 6 heteroatoms. The van der Waals surface area contributed by atoms with Crippen molar-refractivity contribution in [2.75, 3.05) is 18.6 Å². The number of rotatable bonds is 4. The lowest BCUT2D eigenvalue weighted by Gasteiger charge is -2.26. The van der Waals surface area contributed by atoms with Gasteiger partial charge in [-0.15, -0.1) is 0 Å². The molecule has 0 fully saturated rings. The number of carbonyl (C=O) groups is 1. The fourth-order valence-electron chi connectivity index (χ4n) is 1.32. The maximum atomic E-state index is 13.5. The Morgan fingerprint density at radius 3 is 2.65 bits per heavy atom. The molecule has 0 aliphatic heterocycles. The zero-order valence-corrected chi connectivity index (χ0v) is 9.91. The first-order valence-electron chi connectivity index (χ1n) is 5.10. The van der Waals surface area contributed by atoms with Crippen molar-refractivity contribution in [2.45, 2.75) is 19.9 Å². The second-order valence-electron chi connectivity index (χ2n) is 3.76. The molecule has 17 heavy (non-hydrogen) atoms. The molecule has 0 amide bonds. The average molecular weight is 244 g/mol. The summed E-state index contributed by atoms with van der Waals surface area (Å²) in [5.41, 5.74) is 0. The summed E-state index contributed by atoms with van der Waals surface area (Å²) < 4.78 is 30.8. The van der Waals surface area contributed by atoms with Gasteiger partial charge in [-0.25, -0.2) is 13.8 Å². The van der Waals surface area contributed by atoms with Crippen molar-refractivity contribution in [3.8, 4) is 0 Å². The number of methoxy groups -OCH3 is 1. The highest BCUT2D eigenvalue weighted by Gasteiger charge is 2.20. The Balaban J connectivity index is 3.01. The van der Waals surface area contributed by atoms with E-state index in [0.717, 1.165) is 12.3 Å². The minimum Gasteiger partial charge on any atom is -0.468 e. The van der Waals surface area contributed by atoms with E-state index in [4.69, 9.17) is 0 Å². The number of nitrogens with zero attached hydrogens (tertiary/aromatic N) is 2. The molecule has 1 heterocycles. The third-order valence-electron chi connectivity index (χ3n) is 2.21. The first-order valence-corrected chi connectivity index (χ1v) is 5.10. The van der Waals surface area contributed by atoms with Gasteiger partial charge in [0.1, 0.15) is 12.4 Å². The Labute approximate surface area is 98.2 Å². The zero-order valence-electron chi connectivity index (χ0n) is 9.91. The van der Waals surface area contributed by atoms with Gasteiger partial charge in [0, 0.05) is 12.1 Å². The Kier molecular flexibility index (Phi) is 4.37. The standard InChI is InChI=1S/C11H14F2N2O2/c1-7(2)15(6-10(16)17-3)11-9(13)4-8(12)5-14-11/h4-5,7H,6H2,1-3H3. The van der Waals surface area contributed by atoms with Crippen molar-refractivity contribution in [2.24, 2.45) is 0 Å². The summed E-state index contributed by atoms with van der Waals surface area (Å²) in [5, 5.41) is 0. The third-order valence-corrected chi connectivity index (χ3v) is 2.21. The zero-order chi connectivity index (χ0) is 13.0. The second kappa shape index (κ2) is 5.56. The van der Waals surface area contributed by atoms with E-state index >= 15 is 0 Å². The molecule has 0 atom stereocenters. The van der Waals surface area contributed by atoms with Crippen molar-refractivity contribution >= 4 is 11.8 Å². The van der Waals surface area contributed by atoms with E-state index in [0.29, 0.717) is 0 Å². The molecule has 1 aromatic rings. The van der Waals surface area contributed by atoms with Crippen LogP contribution < -0.4 is 4.90 Å². The minimum atomic E-state index is -0.803. The van der Waals surface area contributed by atoms with Crippen molar-refractivity contribution in [1.82, 2.24) is 4.98 Å². The van der Waals surface area contributed by atoms with E-state index in [2.05, 4.69) is 9.72 Å². The Morgan fingerprint density at radius 1 is 1.53 bits per heavy atom. The Morgan fingerprint density at radius 2 is 2.18 bits per heavy atom. The number of halogens is 2. The molecule has 1 aromatic heterocycles. The van der Waals surface area contributed by atoms with Gasteiger partial charge in [-0.1, -0.05) is 0 Å². The normalized spacial score (nSPS) is 10.5. The molecule has 4 nitrogen and oxygen atoms in total. The van der Waals surface area contributed by atoms with Crippen molar-refractivity contribution in [1.29, 1.82) is 0 Å². The fraction of sp³-hybridized carbons (Fsp3) is 0.455. The summed E-state index contributed by atoms with van der Waals surface area (Å²) in [6.45, 7) is 3.41. The summed E-state index contributed by atoms with van der Waals surface area (Å²) in [4.78, 5) is 16.2. The van der Waals surface area contributed by atoms with Crippen LogP contribution in [0.15, 0.2) is 12.3 Å². The van der Waals surface area contributed by atoms with Crippen LogP contribution in [0.4, 0.5) is 14.6 Å². The van der Waals surface area contributed by atoms with Crippen LogP contribution in [0.2, 0.25) is 0 Å². The van der Waals surface area contributed by atoms with Gasteiger partial charge in [0.05, 0.1) is 13.3 Å². The third kappa shape index (κ3) is 3.37. The van der Waals surface area contributed by atoms with Crippen LogP contribution in [0.3, 0.4) is 0 Å². The van der Waals surface area contributed by atoms with Crippen LogP contribution >= 0.6 is 0 Å². The SMILES string of the molecule is COC(=O)CN(c1ncc(F)cc1F)C(C)C. The number of pyridine rings is 1. The Bertz CT molecular complexity index is 410. The largest absolute Gasteiger partial charge is 0.468 e. The van der Waals surface area contributed by atoms with Crippen molar-refractivity contribution in [3.63, 3.8) is 0 Å². The first kappa shape index (κ1) is 13.3. The Hall–Kier alpha value is -1.72. The number of esters is 1. The molecule has 0 bridgehead atoms. The summed E-state index contributed by atoms with van der Waals surface area (Å²) in [6.07, 6.45) is 0.908. The highest BCUT2D eigenvalue weighted by molar-refractivity contribution is 5.75. The molecule has 0 saturated carbocycles. The molecular formula is C11H14F2N2O2. The van der Waals surface area contributed by atoms with Gasteiger partial charge >= 0.3 is 5.97 Å². The van der Waals surface area contributed by atoms with Gasteiger partial charge in [-0.05, 0) is 13.8 Å². The minimum absolute atomic E-state index is 0.0631. The van der Waals surface area contributed by atoms with E-state index in [1.807, 2.05) is 0 Å². The number of anilines is 1. The van der Waals surface area contributed by atoms with E-state index in [1.165, 1.54) is 12.0 Å². The van der Waals surface area contributed by atoms with E-state index in [1.54, 1.807) is 13.8 Å². The number of hydrogen-bond acceptors (Lipinski definition) is 4. The number of aromatic nitrogens is 1. The van der Waals surface area contributed by atoms with Crippen molar-refractivity contribution in [3.05, 3.63) is 23.9 Å². The molecule has 0 aliphatic carbocycles. The summed E-state index contributed by atoms with van der Waals surface area (Å²) in [5.74, 6) is -2.13. The van der Waals surface area contributed by atoms with E-state index < -0.39 is 17.6 Å². The molecule has 0 spiro atoms. The molecule has 1 rings (SSSR count). The lowest BCUT2D eigenvalue weighted by Crippen LogP contribution is -2.37. The van der Waals surface area contributed by atoms with E-state index in [9.17, 15) is 13.6 Å². The van der Waals surface area contributed by atoms with Crippen LogP contribution in [0.1, 0.15) is 13.8 Å². The fourth-order valence-corrected chi connectivity index (χ4v) is 1.32. The smallest absolute Gasteiger partial charge is 0.325 e. The van der Waals surface area contributed by atoms with Gasteiger partial charge in [0.2, 0.25) is 0 Å². The van der Waals surface area contributed by atoms with Crippen LogP contribution in [-0.2, 0) is 9.53 Å². The van der Waals surface area contributed by atoms with Crippen molar-refractivity contribution < 1.29 is 18.3 Å². The van der Waals surface area contributed by atoms with E-state index in [-0.39, 0.29) is 18.4 Å². The highest BCUT2D eigenvalue weighted by Crippen LogP contribution is 2.18. The van der Waals surface area contributed by atoms with Gasteiger partial charge in [0.15, 0.2) is 11.6 Å². The lowest BCUT2D eigenvalue weighted by atomic mass is 10.3. The monoisotopic (exact) mass is 244 g/mol. The highest BCUT2D eigenvalue weighted by atomic mass is 19.1. The molecule has 0 aromatic carbocycles. The molecule has 94 valence electrons. The predicted octanol–water partition coefficient (Wildman–Crippen LogP) is 1.75. The summed E-state index contributed by atoms with van der Waals surface area (Å²) in [7, 11) is 1.25. The topological polar surface area (TPSA) is 42.4 Å². The average Bonchev–Trinajstić information content (AvgIpc) is 2.26. The van der Waals surface area contributed by atoms with Crippen LogP contribution in [0, 0.1) is 11.6 Å². The lowest BCUT2D eigenvalue weighted by molar-refractivity contribution is -0.139. The maximum absolute atomic E-state index is 13.5. The maximum Gasteiger partial charge on any atom is 0.325 e. The van der Waals surface area contributed by atoms with Gasteiger partial charge in [0.25, 0.3) is 0 Å². The molecule has 0 N–H and O–H groups in total. The molecule has 0 saturated heterocycles. The number of hydrogen-bond donors (Lipinski definition) is 0. The van der Waals surface area contributed by atoms with Crippen LogP contribution in [0.5, 0.6) is 0 Å². The quantitative estimate of drug-likeness (QED) is 0.757. The summed E-state index contributed by atoms with van der Waals surface area (Å²) >= 11 is 0. The first-order chi connectivity index (χ1) is 7.95. The molecular weight excluding hydrogens is 230 g/mol. The molecule has 0 aliphatic rings. The van der Waals surface area contributed by atoms with Gasteiger partial charge < -0.3 is 9.64 Å². The predicted molar refractivity (Wildman–Crippen MR) is 58.7 cm³/mol.